The molecule has 3 heterocycles. The van der Waals surface area contributed by atoms with E-state index in [1.54, 1.807) is 36.2 Å². The van der Waals surface area contributed by atoms with Crippen LogP contribution in [0.1, 0.15) is 32.3 Å². The van der Waals surface area contributed by atoms with Crippen LogP contribution in [-0.2, 0) is 19.6 Å². The SMILES string of the molecule is CC1CN(CC2CCN(C(=O)CN(C)C3=NS(=O)(=O)c4ccccc43)CC2)CC(C)O1. The van der Waals surface area contributed by atoms with Gasteiger partial charge in [-0.3, -0.25) is 9.69 Å². The van der Waals surface area contributed by atoms with Crippen molar-refractivity contribution in [1.29, 1.82) is 0 Å². The second-order valence-corrected chi connectivity index (χ2v) is 10.6. The first kappa shape index (κ1) is 22.2. The van der Waals surface area contributed by atoms with Crippen LogP contribution in [0.15, 0.2) is 33.6 Å². The molecule has 4 rings (SSSR count). The van der Waals surface area contributed by atoms with E-state index in [9.17, 15) is 13.2 Å². The van der Waals surface area contributed by atoms with Gasteiger partial charge in [0.15, 0.2) is 5.84 Å². The van der Waals surface area contributed by atoms with Gasteiger partial charge in [-0.15, -0.1) is 4.40 Å². The number of hydrogen-bond acceptors (Lipinski definition) is 6. The van der Waals surface area contributed by atoms with Crippen LogP contribution in [0.25, 0.3) is 0 Å². The van der Waals surface area contributed by atoms with Gasteiger partial charge in [0.2, 0.25) is 5.91 Å². The molecule has 1 aromatic rings. The predicted octanol–water partition coefficient (Wildman–Crippen LogP) is 1.42. The van der Waals surface area contributed by atoms with Crippen molar-refractivity contribution in [3.63, 3.8) is 0 Å². The average molecular weight is 449 g/mol. The molecule has 1 amide bonds. The number of hydrogen-bond donors (Lipinski definition) is 0. The van der Waals surface area contributed by atoms with E-state index < -0.39 is 10.0 Å². The van der Waals surface area contributed by atoms with Crippen LogP contribution in [0.4, 0.5) is 0 Å². The fourth-order valence-electron chi connectivity index (χ4n) is 4.91. The molecule has 9 heteroatoms. The number of likely N-dealkylation sites (tertiary alicyclic amines) is 1. The normalized spacial score (nSPS) is 26.4. The van der Waals surface area contributed by atoms with Crippen LogP contribution in [0.2, 0.25) is 0 Å². The summed E-state index contributed by atoms with van der Waals surface area (Å²) >= 11 is 0. The number of benzene rings is 1. The summed E-state index contributed by atoms with van der Waals surface area (Å²) in [6.45, 7) is 8.86. The number of carbonyl (C=O) groups excluding carboxylic acids is 1. The molecule has 0 N–H and O–H groups in total. The number of morpholine rings is 1. The number of likely N-dealkylation sites (N-methyl/N-ethyl adjacent to an activating group) is 1. The summed E-state index contributed by atoms with van der Waals surface area (Å²) in [5.74, 6) is 0.948. The minimum Gasteiger partial charge on any atom is -0.373 e. The van der Waals surface area contributed by atoms with E-state index >= 15 is 0 Å². The van der Waals surface area contributed by atoms with Crippen LogP contribution in [0, 0.1) is 5.92 Å². The summed E-state index contributed by atoms with van der Waals surface area (Å²) in [5.41, 5.74) is 0.561. The number of piperidine rings is 1. The fourth-order valence-corrected chi connectivity index (χ4v) is 6.16. The molecular formula is C22H32N4O4S. The van der Waals surface area contributed by atoms with Gasteiger partial charge in [-0.2, -0.15) is 8.42 Å². The largest absolute Gasteiger partial charge is 0.373 e. The first-order chi connectivity index (χ1) is 14.7. The Morgan fingerprint density at radius 2 is 1.81 bits per heavy atom. The molecule has 3 aliphatic heterocycles. The smallest absolute Gasteiger partial charge is 0.285 e. The number of ether oxygens (including phenoxy) is 1. The molecule has 1 aromatic carbocycles. The van der Waals surface area contributed by atoms with Crippen molar-refractivity contribution in [3.05, 3.63) is 29.8 Å². The van der Waals surface area contributed by atoms with E-state index in [-0.39, 0.29) is 29.6 Å². The summed E-state index contributed by atoms with van der Waals surface area (Å²) in [5, 5.41) is 0. The van der Waals surface area contributed by atoms with Crippen molar-refractivity contribution < 1.29 is 17.9 Å². The van der Waals surface area contributed by atoms with Gasteiger partial charge < -0.3 is 14.5 Å². The molecule has 0 aromatic heterocycles. The van der Waals surface area contributed by atoms with Gasteiger partial charge in [0, 0.05) is 45.3 Å². The fraction of sp³-hybridized carbons (Fsp3) is 0.636. The average Bonchev–Trinajstić information content (AvgIpc) is 2.99. The Balaban J connectivity index is 1.30. The standard InChI is InChI=1S/C22H32N4O4S/c1-16-12-25(13-17(2)30-16)14-18-8-10-26(11-9-18)21(27)15-24(3)22-19-6-4-5-7-20(19)31(28,29)23-22/h4-7,16-18H,8-15H2,1-3H3. The van der Waals surface area contributed by atoms with Gasteiger partial charge in [-0.05, 0) is 44.7 Å². The molecule has 2 fully saturated rings. The summed E-state index contributed by atoms with van der Waals surface area (Å²) in [6, 6.07) is 6.75. The Hall–Kier alpha value is -1.97. The maximum Gasteiger partial charge on any atom is 0.285 e. The molecule has 2 saturated heterocycles. The third-order valence-electron chi connectivity index (χ3n) is 6.33. The minimum absolute atomic E-state index is 0.0130. The first-order valence-corrected chi connectivity index (χ1v) is 12.5. The highest BCUT2D eigenvalue weighted by atomic mass is 32.2. The van der Waals surface area contributed by atoms with Gasteiger partial charge in [0.25, 0.3) is 10.0 Å². The van der Waals surface area contributed by atoms with Crippen molar-refractivity contribution in [2.75, 3.05) is 46.3 Å². The van der Waals surface area contributed by atoms with Crippen molar-refractivity contribution >= 4 is 21.8 Å². The lowest BCUT2D eigenvalue weighted by atomic mass is 9.95. The Bertz CT molecular complexity index is 946. The van der Waals surface area contributed by atoms with Gasteiger partial charge >= 0.3 is 0 Å². The quantitative estimate of drug-likeness (QED) is 0.693. The number of amides is 1. The lowest BCUT2D eigenvalue weighted by molar-refractivity contribution is -0.133. The van der Waals surface area contributed by atoms with Crippen molar-refractivity contribution in [1.82, 2.24) is 14.7 Å². The maximum atomic E-state index is 12.9. The Kier molecular flexibility index (Phi) is 6.37. The molecule has 3 aliphatic rings. The van der Waals surface area contributed by atoms with Crippen LogP contribution in [0.3, 0.4) is 0 Å². The monoisotopic (exact) mass is 448 g/mol. The van der Waals surface area contributed by atoms with Crippen LogP contribution in [0.5, 0.6) is 0 Å². The minimum atomic E-state index is -3.68. The van der Waals surface area contributed by atoms with E-state index in [0.29, 0.717) is 17.3 Å². The van der Waals surface area contributed by atoms with E-state index in [1.165, 1.54) is 0 Å². The van der Waals surface area contributed by atoms with Gasteiger partial charge in [0.05, 0.1) is 18.8 Å². The predicted molar refractivity (Wildman–Crippen MR) is 119 cm³/mol. The van der Waals surface area contributed by atoms with Crippen molar-refractivity contribution in [3.8, 4) is 0 Å². The summed E-state index contributed by atoms with van der Waals surface area (Å²) in [6.07, 6.45) is 2.53. The Morgan fingerprint density at radius 1 is 1.16 bits per heavy atom. The van der Waals surface area contributed by atoms with Crippen LogP contribution >= 0.6 is 0 Å². The summed E-state index contributed by atoms with van der Waals surface area (Å²) in [7, 11) is -1.96. The molecule has 0 spiro atoms. The van der Waals surface area contributed by atoms with Crippen molar-refractivity contribution in [2.24, 2.45) is 10.3 Å². The number of carbonyl (C=O) groups is 1. The highest BCUT2D eigenvalue weighted by Crippen LogP contribution is 2.27. The molecule has 0 aliphatic carbocycles. The lowest BCUT2D eigenvalue weighted by Gasteiger charge is -2.39. The van der Waals surface area contributed by atoms with Gasteiger partial charge in [0.1, 0.15) is 4.90 Å². The topological polar surface area (TPSA) is 82.5 Å². The first-order valence-electron chi connectivity index (χ1n) is 11.0. The van der Waals surface area contributed by atoms with E-state index in [1.807, 2.05) is 4.90 Å². The molecule has 2 atom stereocenters. The Labute approximate surface area is 184 Å². The molecule has 0 saturated carbocycles. The van der Waals surface area contributed by atoms with Gasteiger partial charge in [-0.1, -0.05) is 12.1 Å². The number of nitrogens with zero attached hydrogens (tertiary/aromatic N) is 4. The maximum absolute atomic E-state index is 12.9. The Morgan fingerprint density at radius 3 is 2.48 bits per heavy atom. The number of rotatable bonds is 4. The summed E-state index contributed by atoms with van der Waals surface area (Å²) < 4.78 is 34.3. The van der Waals surface area contributed by atoms with E-state index in [0.717, 1.165) is 45.6 Å². The van der Waals surface area contributed by atoms with Crippen molar-refractivity contribution in [2.45, 2.75) is 43.8 Å². The third-order valence-corrected chi connectivity index (χ3v) is 7.65. The zero-order valence-electron chi connectivity index (χ0n) is 18.5. The molecule has 31 heavy (non-hydrogen) atoms. The third kappa shape index (κ3) is 4.94. The number of amidine groups is 1. The number of fused-ring (bicyclic) bond motifs is 1. The zero-order chi connectivity index (χ0) is 22.2. The van der Waals surface area contributed by atoms with E-state index in [2.05, 4.69) is 23.1 Å². The second kappa shape index (κ2) is 8.88. The van der Waals surface area contributed by atoms with E-state index in [4.69, 9.17) is 4.74 Å². The summed E-state index contributed by atoms with van der Waals surface area (Å²) in [4.78, 5) is 19.1. The lowest BCUT2D eigenvalue weighted by Crippen LogP contribution is -2.49. The van der Waals surface area contributed by atoms with Crippen LogP contribution < -0.4 is 0 Å². The highest BCUT2D eigenvalue weighted by Gasteiger charge is 2.32. The molecule has 170 valence electrons. The molecule has 2 unspecified atom stereocenters. The second-order valence-electron chi connectivity index (χ2n) is 9.04. The van der Waals surface area contributed by atoms with Gasteiger partial charge in [-0.25, -0.2) is 0 Å². The number of sulfonamides is 1. The molecule has 0 bridgehead atoms. The molecule has 8 nitrogen and oxygen atoms in total. The molecular weight excluding hydrogens is 416 g/mol. The zero-order valence-corrected chi connectivity index (χ0v) is 19.3. The highest BCUT2D eigenvalue weighted by molar-refractivity contribution is 7.90. The van der Waals surface area contributed by atoms with Crippen LogP contribution in [-0.4, -0.2) is 93.4 Å². The molecule has 0 radical (unpaired) electrons.